The Bertz CT molecular complexity index is 510. The fourth-order valence-electron chi connectivity index (χ4n) is 6.54. The van der Waals surface area contributed by atoms with Crippen LogP contribution in [0.3, 0.4) is 0 Å². The summed E-state index contributed by atoms with van der Waals surface area (Å²) < 4.78 is 13.3. The fraction of sp³-hybridized carbons (Fsp3) is 1.00. The summed E-state index contributed by atoms with van der Waals surface area (Å²) in [5.41, 5.74) is 1.23. The predicted octanol–water partition coefficient (Wildman–Crippen LogP) is 5.02. The summed E-state index contributed by atoms with van der Waals surface area (Å²) in [5.74, 6) is 1.03. The molecule has 0 aromatic carbocycles. The highest BCUT2D eigenvalue weighted by Gasteiger charge is 2.74. The molecule has 0 aromatic heterocycles. The molecule has 2 saturated heterocycles. The highest BCUT2D eigenvalue weighted by molar-refractivity contribution is 5.17. The second-order valence-electron chi connectivity index (χ2n) is 10.6. The van der Waals surface area contributed by atoms with E-state index in [4.69, 9.17) is 9.47 Å². The van der Waals surface area contributed by atoms with E-state index >= 15 is 0 Å². The van der Waals surface area contributed by atoms with Crippen LogP contribution in [-0.2, 0) is 9.47 Å². The van der Waals surface area contributed by atoms with Crippen LogP contribution in [0.15, 0.2) is 0 Å². The summed E-state index contributed by atoms with van der Waals surface area (Å²) in [5, 5.41) is 0. The summed E-state index contributed by atoms with van der Waals surface area (Å²) in [6, 6.07) is 0. The average Bonchev–Trinajstić information content (AvgIpc) is 2.65. The SMILES string of the molecule is C[C@@H]1C[C@]2(OC[C@@]3(C)CC[C@]32C)O[C@H]2CC(C)(C)C(C)(C)C12. The monoisotopic (exact) mass is 306 g/mol. The van der Waals surface area contributed by atoms with Crippen LogP contribution in [0.4, 0.5) is 0 Å². The topological polar surface area (TPSA) is 18.5 Å². The molecule has 0 bridgehead atoms. The molecule has 6 atom stereocenters. The standard InChI is InChI=1S/C20H34O2/c1-13-10-20(19(7)9-8-18(19,6)12-21-20)22-14-11-16(2,3)17(4,5)15(13)14/h13-15H,8-12H2,1-7H3/t13-,14+,15?,18-,19-,20+/m1/s1. The minimum Gasteiger partial charge on any atom is -0.349 e. The van der Waals surface area contributed by atoms with Crippen LogP contribution in [0.2, 0.25) is 0 Å². The van der Waals surface area contributed by atoms with E-state index in [1.807, 2.05) is 0 Å². The van der Waals surface area contributed by atoms with Gasteiger partial charge in [0.05, 0.1) is 12.7 Å². The molecule has 2 saturated carbocycles. The van der Waals surface area contributed by atoms with Gasteiger partial charge in [0.1, 0.15) is 0 Å². The Kier molecular flexibility index (Phi) is 2.76. The molecule has 0 aromatic rings. The minimum absolute atomic E-state index is 0.218. The second-order valence-corrected chi connectivity index (χ2v) is 10.6. The Morgan fingerprint density at radius 2 is 1.59 bits per heavy atom. The van der Waals surface area contributed by atoms with Crippen molar-refractivity contribution in [3.8, 4) is 0 Å². The molecule has 2 heterocycles. The van der Waals surface area contributed by atoms with Crippen LogP contribution >= 0.6 is 0 Å². The van der Waals surface area contributed by atoms with Gasteiger partial charge in [-0.15, -0.1) is 0 Å². The maximum absolute atomic E-state index is 6.88. The van der Waals surface area contributed by atoms with Crippen LogP contribution < -0.4 is 0 Å². The van der Waals surface area contributed by atoms with E-state index in [9.17, 15) is 0 Å². The molecule has 0 radical (unpaired) electrons. The molecule has 0 amide bonds. The van der Waals surface area contributed by atoms with E-state index in [-0.39, 0.29) is 11.2 Å². The van der Waals surface area contributed by atoms with Crippen molar-refractivity contribution in [1.29, 1.82) is 0 Å². The van der Waals surface area contributed by atoms with Crippen LogP contribution in [0.1, 0.15) is 74.1 Å². The quantitative estimate of drug-likeness (QED) is 0.626. The smallest absolute Gasteiger partial charge is 0.174 e. The van der Waals surface area contributed by atoms with Crippen LogP contribution in [0.5, 0.6) is 0 Å². The summed E-state index contributed by atoms with van der Waals surface area (Å²) in [7, 11) is 0. The Morgan fingerprint density at radius 3 is 2.14 bits per heavy atom. The molecule has 0 N–H and O–H groups in total. The van der Waals surface area contributed by atoms with Gasteiger partial charge in [-0.2, -0.15) is 0 Å². The molecule has 2 aliphatic carbocycles. The third kappa shape index (κ3) is 1.46. The fourth-order valence-corrected chi connectivity index (χ4v) is 6.54. The summed E-state index contributed by atoms with van der Waals surface area (Å²) >= 11 is 0. The molecule has 4 rings (SSSR count). The van der Waals surface area contributed by atoms with Crippen LogP contribution in [-0.4, -0.2) is 18.5 Å². The molecule has 4 fully saturated rings. The summed E-state index contributed by atoms with van der Waals surface area (Å²) in [6.45, 7) is 18.0. The Morgan fingerprint density at radius 1 is 0.909 bits per heavy atom. The lowest BCUT2D eigenvalue weighted by atomic mass is 9.48. The van der Waals surface area contributed by atoms with Crippen molar-refractivity contribution in [1.82, 2.24) is 0 Å². The number of hydrogen-bond donors (Lipinski definition) is 0. The molecular weight excluding hydrogens is 272 g/mol. The lowest BCUT2D eigenvalue weighted by Gasteiger charge is -2.60. The Labute approximate surface area is 136 Å². The largest absolute Gasteiger partial charge is 0.349 e. The third-order valence-electron chi connectivity index (χ3n) is 9.21. The number of rotatable bonds is 0. The lowest BCUT2D eigenvalue weighted by Crippen LogP contribution is -2.62. The molecule has 1 spiro atoms. The van der Waals surface area contributed by atoms with Gasteiger partial charge in [-0.1, -0.05) is 48.5 Å². The van der Waals surface area contributed by atoms with Gasteiger partial charge in [-0.05, 0) is 41.9 Å². The maximum atomic E-state index is 6.88. The van der Waals surface area contributed by atoms with E-state index in [2.05, 4.69) is 48.5 Å². The van der Waals surface area contributed by atoms with Gasteiger partial charge in [0.15, 0.2) is 5.79 Å². The first-order valence-electron chi connectivity index (χ1n) is 9.30. The zero-order valence-corrected chi connectivity index (χ0v) is 15.6. The van der Waals surface area contributed by atoms with Crippen molar-refractivity contribution < 1.29 is 9.47 Å². The first-order chi connectivity index (χ1) is 9.98. The third-order valence-corrected chi connectivity index (χ3v) is 9.21. The van der Waals surface area contributed by atoms with E-state index in [0.717, 1.165) is 13.0 Å². The summed E-state index contributed by atoms with van der Waals surface area (Å²) in [4.78, 5) is 0. The van der Waals surface area contributed by atoms with Gasteiger partial charge in [0.2, 0.25) is 0 Å². The van der Waals surface area contributed by atoms with Crippen molar-refractivity contribution >= 4 is 0 Å². The number of ether oxygens (including phenoxy) is 2. The zero-order valence-electron chi connectivity index (χ0n) is 15.6. The second kappa shape index (κ2) is 3.94. The van der Waals surface area contributed by atoms with Crippen molar-refractivity contribution in [2.24, 2.45) is 33.5 Å². The van der Waals surface area contributed by atoms with Gasteiger partial charge in [0.25, 0.3) is 0 Å². The van der Waals surface area contributed by atoms with E-state index in [1.165, 1.54) is 19.3 Å². The molecule has 126 valence electrons. The minimum atomic E-state index is -0.308. The van der Waals surface area contributed by atoms with Gasteiger partial charge in [0, 0.05) is 17.3 Å². The molecule has 4 aliphatic rings. The van der Waals surface area contributed by atoms with E-state index in [0.29, 0.717) is 34.2 Å². The van der Waals surface area contributed by atoms with Crippen molar-refractivity contribution in [3.05, 3.63) is 0 Å². The van der Waals surface area contributed by atoms with Gasteiger partial charge < -0.3 is 9.47 Å². The molecule has 2 aliphatic heterocycles. The molecule has 2 heteroatoms. The normalized spacial score (nSPS) is 58.2. The lowest BCUT2D eigenvalue weighted by molar-refractivity contribution is -0.332. The average molecular weight is 306 g/mol. The molecule has 1 unspecified atom stereocenters. The first kappa shape index (κ1) is 15.4. The summed E-state index contributed by atoms with van der Waals surface area (Å²) in [6.07, 6.45) is 5.19. The van der Waals surface area contributed by atoms with Crippen molar-refractivity contribution in [3.63, 3.8) is 0 Å². The first-order valence-corrected chi connectivity index (χ1v) is 9.30. The maximum Gasteiger partial charge on any atom is 0.174 e. The molecule has 2 nitrogen and oxygen atoms in total. The van der Waals surface area contributed by atoms with Crippen LogP contribution in [0, 0.1) is 33.5 Å². The molecule has 22 heavy (non-hydrogen) atoms. The van der Waals surface area contributed by atoms with Crippen LogP contribution in [0.25, 0.3) is 0 Å². The Balaban J connectivity index is 1.70. The van der Waals surface area contributed by atoms with Gasteiger partial charge in [-0.25, -0.2) is 0 Å². The predicted molar refractivity (Wildman–Crippen MR) is 88.5 cm³/mol. The van der Waals surface area contributed by atoms with E-state index < -0.39 is 0 Å². The number of fused-ring (bicyclic) bond motifs is 3. The van der Waals surface area contributed by atoms with Gasteiger partial charge in [-0.3, -0.25) is 0 Å². The van der Waals surface area contributed by atoms with E-state index in [1.54, 1.807) is 0 Å². The Hall–Kier alpha value is -0.0800. The van der Waals surface area contributed by atoms with Crippen molar-refractivity contribution in [2.75, 3.05) is 6.61 Å². The highest BCUT2D eigenvalue weighted by atomic mass is 16.7. The van der Waals surface area contributed by atoms with Crippen molar-refractivity contribution in [2.45, 2.75) is 86.0 Å². The zero-order chi connectivity index (χ0) is 16.2. The van der Waals surface area contributed by atoms with Gasteiger partial charge >= 0.3 is 0 Å². The molecular formula is C20H34O2. The highest BCUT2D eigenvalue weighted by Crippen LogP contribution is 2.72. The number of hydrogen-bond acceptors (Lipinski definition) is 2.